The van der Waals surface area contributed by atoms with E-state index in [0.717, 1.165) is 0 Å². The van der Waals surface area contributed by atoms with Gasteiger partial charge in [0.15, 0.2) is 0 Å². The Balaban J connectivity index is 1.98. The molecule has 3 heteroatoms. The van der Waals surface area contributed by atoms with Crippen LogP contribution >= 0.6 is 0 Å². The number of carbonyl (C=O) groups is 2. The van der Waals surface area contributed by atoms with Crippen molar-refractivity contribution >= 4 is 11.7 Å². The molecule has 15 heavy (non-hydrogen) atoms. The second kappa shape index (κ2) is 3.85. The van der Waals surface area contributed by atoms with Crippen LogP contribution in [-0.2, 0) is 4.79 Å². The van der Waals surface area contributed by atoms with E-state index in [1.165, 1.54) is 0 Å². The molecule has 0 N–H and O–H groups in total. The zero-order chi connectivity index (χ0) is 10.8. The van der Waals surface area contributed by atoms with Crippen molar-refractivity contribution in [1.29, 1.82) is 0 Å². The molecule has 0 radical (unpaired) electrons. The van der Waals surface area contributed by atoms with Gasteiger partial charge in [0.1, 0.15) is 5.78 Å². The Morgan fingerprint density at radius 2 is 1.80 bits per heavy atom. The highest BCUT2D eigenvalue weighted by Gasteiger charge is 2.33. The zero-order valence-electron chi connectivity index (χ0n) is 8.64. The molecule has 1 aromatic carbocycles. The average Bonchev–Trinajstić information content (AvgIpc) is 2.16. The Hall–Kier alpha value is -1.64. The number of likely N-dealkylation sites (tertiary alicyclic amines) is 1. The van der Waals surface area contributed by atoms with Crippen LogP contribution in [0.25, 0.3) is 0 Å². The molecule has 1 aliphatic rings. The van der Waals surface area contributed by atoms with Crippen LogP contribution in [0.5, 0.6) is 0 Å². The Morgan fingerprint density at radius 1 is 1.20 bits per heavy atom. The molecule has 0 unspecified atom stereocenters. The second-order valence-electron chi connectivity index (χ2n) is 3.88. The molecule has 1 heterocycles. The number of Topliss-reactive ketones (excluding diaryl/α,β-unsaturated/α-hetero) is 1. The first-order chi connectivity index (χ1) is 7.18. The highest BCUT2D eigenvalue weighted by atomic mass is 16.2. The van der Waals surface area contributed by atoms with Gasteiger partial charge in [-0.25, -0.2) is 0 Å². The van der Waals surface area contributed by atoms with Crippen LogP contribution in [-0.4, -0.2) is 29.7 Å². The van der Waals surface area contributed by atoms with E-state index in [2.05, 4.69) is 0 Å². The third kappa shape index (κ3) is 1.91. The summed E-state index contributed by atoms with van der Waals surface area (Å²) in [6, 6.07) is 9.16. The van der Waals surface area contributed by atoms with Crippen LogP contribution in [0.15, 0.2) is 30.3 Å². The van der Waals surface area contributed by atoms with Crippen molar-refractivity contribution in [3.05, 3.63) is 35.9 Å². The maximum atomic E-state index is 11.8. The lowest BCUT2D eigenvalue weighted by molar-refractivity contribution is -0.124. The lowest BCUT2D eigenvalue weighted by Gasteiger charge is -2.37. The minimum atomic E-state index is 0.0214. The quantitative estimate of drug-likeness (QED) is 0.727. The van der Waals surface area contributed by atoms with Crippen LogP contribution in [0.1, 0.15) is 17.3 Å². The van der Waals surface area contributed by atoms with E-state index in [-0.39, 0.29) is 17.6 Å². The number of amides is 1. The van der Waals surface area contributed by atoms with E-state index < -0.39 is 0 Å². The summed E-state index contributed by atoms with van der Waals surface area (Å²) in [6.45, 7) is 2.72. The fraction of sp³-hybridized carbons (Fsp3) is 0.333. The van der Waals surface area contributed by atoms with E-state index >= 15 is 0 Å². The minimum Gasteiger partial charge on any atom is -0.337 e. The van der Waals surface area contributed by atoms with E-state index in [0.29, 0.717) is 18.7 Å². The van der Waals surface area contributed by atoms with Gasteiger partial charge in [-0.05, 0) is 19.1 Å². The molecule has 3 nitrogen and oxygen atoms in total. The van der Waals surface area contributed by atoms with Crippen molar-refractivity contribution in [2.45, 2.75) is 6.92 Å². The molecular weight excluding hydrogens is 190 g/mol. The minimum absolute atomic E-state index is 0.0214. The van der Waals surface area contributed by atoms with Crippen molar-refractivity contribution in [2.75, 3.05) is 13.1 Å². The van der Waals surface area contributed by atoms with E-state index in [4.69, 9.17) is 0 Å². The van der Waals surface area contributed by atoms with E-state index in [1.807, 2.05) is 18.2 Å². The van der Waals surface area contributed by atoms with Crippen molar-refractivity contribution in [3.8, 4) is 0 Å². The molecule has 1 aliphatic heterocycles. The average molecular weight is 203 g/mol. The lowest BCUT2D eigenvalue weighted by atomic mass is 9.95. The van der Waals surface area contributed by atoms with Crippen LogP contribution in [0, 0.1) is 5.92 Å². The Kier molecular flexibility index (Phi) is 2.54. The van der Waals surface area contributed by atoms with Gasteiger partial charge in [0.05, 0.1) is 5.92 Å². The molecule has 0 atom stereocenters. The van der Waals surface area contributed by atoms with Crippen molar-refractivity contribution < 1.29 is 9.59 Å². The molecule has 0 aliphatic carbocycles. The predicted molar refractivity (Wildman–Crippen MR) is 56.5 cm³/mol. The summed E-state index contributed by atoms with van der Waals surface area (Å²) in [4.78, 5) is 24.5. The molecule has 1 amide bonds. The summed E-state index contributed by atoms with van der Waals surface area (Å²) < 4.78 is 0. The van der Waals surface area contributed by atoms with E-state index in [9.17, 15) is 9.59 Å². The van der Waals surface area contributed by atoms with Gasteiger partial charge in [-0.2, -0.15) is 0 Å². The Labute approximate surface area is 88.7 Å². The van der Waals surface area contributed by atoms with Crippen LogP contribution in [0.4, 0.5) is 0 Å². The molecule has 1 aromatic rings. The monoisotopic (exact) mass is 203 g/mol. The molecule has 1 saturated heterocycles. The summed E-state index contributed by atoms with van der Waals surface area (Å²) in [5.74, 6) is 0.248. The first-order valence-corrected chi connectivity index (χ1v) is 5.03. The number of benzene rings is 1. The topological polar surface area (TPSA) is 37.4 Å². The van der Waals surface area contributed by atoms with Crippen LogP contribution in [0.2, 0.25) is 0 Å². The highest BCUT2D eigenvalue weighted by molar-refractivity contribution is 5.96. The van der Waals surface area contributed by atoms with Gasteiger partial charge in [-0.3, -0.25) is 9.59 Å². The first kappa shape index (κ1) is 9.90. The molecule has 78 valence electrons. The van der Waals surface area contributed by atoms with Crippen molar-refractivity contribution in [3.63, 3.8) is 0 Å². The molecule has 2 rings (SSSR count). The van der Waals surface area contributed by atoms with Gasteiger partial charge in [-0.15, -0.1) is 0 Å². The van der Waals surface area contributed by atoms with Crippen LogP contribution in [0.3, 0.4) is 0 Å². The van der Waals surface area contributed by atoms with Gasteiger partial charge >= 0.3 is 0 Å². The SMILES string of the molecule is CC(=O)C1CN(C(=O)c2ccccc2)C1. The third-order valence-corrected chi connectivity index (χ3v) is 2.76. The number of carbonyl (C=O) groups excluding carboxylic acids is 2. The molecular formula is C12H13NO2. The summed E-state index contributed by atoms with van der Waals surface area (Å²) >= 11 is 0. The normalized spacial score (nSPS) is 15.9. The number of hydrogen-bond donors (Lipinski definition) is 0. The first-order valence-electron chi connectivity index (χ1n) is 5.03. The molecule has 0 bridgehead atoms. The highest BCUT2D eigenvalue weighted by Crippen LogP contribution is 2.19. The smallest absolute Gasteiger partial charge is 0.253 e. The standard InChI is InChI=1S/C12H13NO2/c1-9(14)11-7-13(8-11)12(15)10-5-3-2-4-6-10/h2-6,11H,7-8H2,1H3. The Morgan fingerprint density at radius 3 is 2.33 bits per heavy atom. The number of ketones is 1. The third-order valence-electron chi connectivity index (χ3n) is 2.76. The lowest BCUT2D eigenvalue weighted by Crippen LogP contribution is -2.52. The van der Waals surface area contributed by atoms with E-state index in [1.54, 1.807) is 24.0 Å². The van der Waals surface area contributed by atoms with Crippen LogP contribution < -0.4 is 0 Å². The van der Waals surface area contributed by atoms with Crippen molar-refractivity contribution in [1.82, 2.24) is 4.90 Å². The molecule has 1 fully saturated rings. The summed E-state index contributed by atoms with van der Waals surface area (Å²) in [5.41, 5.74) is 0.694. The van der Waals surface area contributed by atoms with Gasteiger partial charge in [0.2, 0.25) is 0 Å². The Bertz CT molecular complexity index is 380. The van der Waals surface area contributed by atoms with Gasteiger partial charge < -0.3 is 4.90 Å². The van der Waals surface area contributed by atoms with Gasteiger partial charge in [0.25, 0.3) is 5.91 Å². The number of hydrogen-bond acceptors (Lipinski definition) is 2. The summed E-state index contributed by atoms with van der Waals surface area (Å²) in [5, 5.41) is 0. The number of rotatable bonds is 2. The largest absolute Gasteiger partial charge is 0.337 e. The molecule has 0 spiro atoms. The van der Waals surface area contributed by atoms with Gasteiger partial charge in [-0.1, -0.05) is 18.2 Å². The zero-order valence-corrected chi connectivity index (χ0v) is 8.64. The summed E-state index contributed by atoms with van der Waals surface area (Å²) in [7, 11) is 0. The maximum Gasteiger partial charge on any atom is 0.253 e. The van der Waals surface area contributed by atoms with Gasteiger partial charge in [0, 0.05) is 18.7 Å². The number of nitrogens with zero attached hydrogens (tertiary/aromatic N) is 1. The second-order valence-corrected chi connectivity index (χ2v) is 3.88. The maximum absolute atomic E-state index is 11.8. The van der Waals surface area contributed by atoms with Crippen molar-refractivity contribution in [2.24, 2.45) is 5.92 Å². The fourth-order valence-corrected chi connectivity index (χ4v) is 1.66. The fourth-order valence-electron chi connectivity index (χ4n) is 1.66. The molecule has 0 aromatic heterocycles. The predicted octanol–water partition coefficient (Wildman–Crippen LogP) is 1.35. The summed E-state index contributed by atoms with van der Waals surface area (Å²) in [6.07, 6.45) is 0. The molecule has 0 saturated carbocycles.